The predicted molar refractivity (Wildman–Crippen MR) is 40.6 cm³/mol. The van der Waals surface area contributed by atoms with E-state index in [0.29, 0.717) is 12.5 Å². The van der Waals surface area contributed by atoms with Gasteiger partial charge in [0.15, 0.2) is 0 Å². The van der Waals surface area contributed by atoms with E-state index in [1.807, 2.05) is 0 Å². The summed E-state index contributed by atoms with van der Waals surface area (Å²) in [6, 6.07) is 0. The van der Waals surface area contributed by atoms with Crippen molar-refractivity contribution in [2.24, 2.45) is 17.8 Å². The van der Waals surface area contributed by atoms with E-state index in [1.165, 1.54) is 32.1 Å². The molecule has 0 aromatic carbocycles. The molecule has 0 aliphatic heterocycles. The maximum absolute atomic E-state index is 9.01. The monoisotopic (exact) mass is 140 g/mol. The van der Waals surface area contributed by atoms with Crippen molar-refractivity contribution in [3.63, 3.8) is 0 Å². The maximum Gasteiger partial charge on any atom is 0.0462 e. The molecule has 1 N–H and O–H groups in total. The molecule has 0 spiro atoms. The lowest BCUT2D eigenvalue weighted by atomic mass is 10.00. The summed E-state index contributed by atoms with van der Waals surface area (Å²) in [5.74, 6) is 2.61. The topological polar surface area (TPSA) is 20.2 Å². The van der Waals surface area contributed by atoms with Crippen LogP contribution in [0.4, 0.5) is 0 Å². The van der Waals surface area contributed by atoms with E-state index in [0.717, 1.165) is 11.8 Å². The molecule has 2 aliphatic rings. The van der Waals surface area contributed by atoms with E-state index in [4.69, 9.17) is 5.11 Å². The molecule has 0 heterocycles. The van der Waals surface area contributed by atoms with Crippen molar-refractivity contribution < 1.29 is 5.11 Å². The third-order valence-corrected chi connectivity index (χ3v) is 3.22. The second-order valence-corrected chi connectivity index (χ2v) is 3.89. The molecule has 2 aliphatic carbocycles. The quantitative estimate of drug-likeness (QED) is 0.589. The number of aliphatic hydroxyl groups is 1. The van der Waals surface area contributed by atoms with Gasteiger partial charge in [-0.1, -0.05) is 19.3 Å². The first-order valence-electron chi connectivity index (χ1n) is 4.52. The van der Waals surface area contributed by atoms with Crippen LogP contribution in [0, 0.1) is 17.8 Å². The third kappa shape index (κ3) is 1.07. The molecule has 0 radical (unpaired) electrons. The molecule has 10 heavy (non-hydrogen) atoms. The van der Waals surface area contributed by atoms with Gasteiger partial charge in [0.1, 0.15) is 0 Å². The van der Waals surface area contributed by atoms with Crippen LogP contribution in [-0.2, 0) is 0 Å². The number of hydrogen-bond donors (Lipinski definition) is 1. The van der Waals surface area contributed by atoms with Gasteiger partial charge in [-0.25, -0.2) is 0 Å². The van der Waals surface area contributed by atoms with E-state index in [9.17, 15) is 0 Å². The molecular formula is C9H16O. The lowest BCUT2D eigenvalue weighted by Gasteiger charge is -2.09. The highest BCUT2D eigenvalue weighted by molar-refractivity contribution is 4.92. The van der Waals surface area contributed by atoms with Crippen LogP contribution in [0.3, 0.4) is 0 Å². The van der Waals surface area contributed by atoms with Gasteiger partial charge in [0.2, 0.25) is 0 Å². The Morgan fingerprint density at radius 2 is 2.00 bits per heavy atom. The molecule has 0 aromatic heterocycles. The van der Waals surface area contributed by atoms with Crippen molar-refractivity contribution in [2.45, 2.75) is 32.1 Å². The highest BCUT2D eigenvalue weighted by Gasteiger charge is 2.42. The highest BCUT2D eigenvalue weighted by Crippen LogP contribution is 2.50. The normalized spacial score (nSPS) is 45.9. The summed E-state index contributed by atoms with van der Waals surface area (Å²) in [5.41, 5.74) is 0. The fourth-order valence-corrected chi connectivity index (χ4v) is 2.43. The van der Waals surface area contributed by atoms with Crippen molar-refractivity contribution in [3.05, 3.63) is 0 Å². The van der Waals surface area contributed by atoms with E-state index >= 15 is 0 Å². The Hall–Kier alpha value is -0.0400. The second-order valence-electron chi connectivity index (χ2n) is 3.89. The summed E-state index contributed by atoms with van der Waals surface area (Å²) < 4.78 is 0. The summed E-state index contributed by atoms with van der Waals surface area (Å²) >= 11 is 0. The molecule has 0 amide bonds. The Morgan fingerprint density at radius 1 is 1.20 bits per heavy atom. The Balaban J connectivity index is 1.93. The molecule has 3 unspecified atom stereocenters. The number of aliphatic hydroxyl groups excluding tert-OH is 1. The molecule has 0 aromatic rings. The maximum atomic E-state index is 9.01. The molecule has 0 saturated heterocycles. The first kappa shape index (κ1) is 6.66. The highest BCUT2D eigenvalue weighted by atomic mass is 16.3. The minimum atomic E-state index is 0.446. The number of hydrogen-bond acceptors (Lipinski definition) is 1. The molecule has 2 saturated carbocycles. The van der Waals surface area contributed by atoms with Gasteiger partial charge in [0, 0.05) is 6.61 Å². The van der Waals surface area contributed by atoms with Crippen LogP contribution in [0.15, 0.2) is 0 Å². The zero-order valence-electron chi connectivity index (χ0n) is 6.42. The Labute approximate surface area is 62.4 Å². The first-order chi connectivity index (χ1) is 4.92. The Kier molecular flexibility index (Phi) is 1.69. The minimum absolute atomic E-state index is 0.446. The summed E-state index contributed by atoms with van der Waals surface area (Å²) in [4.78, 5) is 0. The molecule has 2 rings (SSSR count). The van der Waals surface area contributed by atoms with Crippen molar-refractivity contribution >= 4 is 0 Å². The van der Waals surface area contributed by atoms with Gasteiger partial charge in [-0.2, -0.15) is 0 Å². The van der Waals surface area contributed by atoms with Gasteiger partial charge < -0.3 is 5.11 Å². The van der Waals surface area contributed by atoms with Crippen molar-refractivity contribution in [1.29, 1.82) is 0 Å². The lowest BCUT2D eigenvalue weighted by molar-refractivity contribution is 0.200. The van der Waals surface area contributed by atoms with E-state index in [1.54, 1.807) is 0 Å². The largest absolute Gasteiger partial charge is 0.396 e. The van der Waals surface area contributed by atoms with Crippen molar-refractivity contribution in [1.82, 2.24) is 0 Å². The molecule has 0 bridgehead atoms. The van der Waals surface area contributed by atoms with E-state index in [2.05, 4.69) is 0 Å². The van der Waals surface area contributed by atoms with Gasteiger partial charge in [0.05, 0.1) is 0 Å². The van der Waals surface area contributed by atoms with E-state index < -0.39 is 0 Å². The fraction of sp³-hybridized carbons (Fsp3) is 1.00. The van der Waals surface area contributed by atoms with Crippen LogP contribution >= 0.6 is 0 Å². The van der Waals surface area contributed by atoms with E-state index in [-0.39, 0.29) is 0 Å². The van der Waals surface area contributed by atoms with Crippen LogP contribution in [-0.4, -0.2) is 11.7 Å². The van der Waals surface area contributed by atoms with Crippen molar-refractivity contribution in [2.75, 3.05) is 6.61 Å². The van der Waals surface area contributed by atoms with Crippen LogP contribution in [0.1, 0.15) is 32.1 Å². The average molecular weight is 140 g/mol. The zero-order valence-corrected chi connectivity index (χ0v) is 6.42. The fourth-order valence-electron chi connectivity index (χ4n) is 2.43. The predicted octanol–water partition coefficient (Wildman–Crippen LogP) is 1.80. The second kappa shape index (κ2) is 2.54. The lowest BCUT2D eigenvalue weighted by Crippen LogP contribution is -2.07. The molecular weight excluding hydrogens is 124 g/mol. The van der Waals surface area contributed by atoms with Gasteiger partial charge >= 0.3 is 0 Å². The standard InChI is InChI=1S/C9H16O/c10-6-8-4-2-1-3-7-5-9(7)8/h7-10H,1-6H2. The number of fused-ring (bicyclic) bond motifs is 1. The van der Waals surface area contributed by atoms with Gasteiger partial charge in [0.25, 0.3) is 0 Å². The van der Waals surface area contributed by atoms with Gasteiger partial charge in [-0.15, -0.1) is 0 Å². The van der Waals surface area contributed by atoms with Crippen LogP contribution in [0.5, 0.6) is 0 Å². The SMILES string of the molecule is OCC1CCCCC2CC12. The molecule has 58 valence electrons. The van der Waals surface area contributed by atoms with Gasteiger partial charge in [-0.3, -0.25) is 0 Å². The Bertz CT molecular complexity index is 122. The molecule has 1 nitrogen and oxygen atoms in total. The zero-order chi connectivity index (χ0) is 6.97. The average Bonchev–Trinajstić information content (AvgIpc) is 2.63. The summed E-state index contributed by atoms with van der Waals surface area (Å²) in [5, 5.41) is 9.01. The first-order valence-corrected chi connectivity index (χ1v) is 4.52. The van der Waals surface area contributed by atoms with Gasteiger partial charge in [-0.05, 0) is 30.6 Å². The molecule has 3 atom stereocenters. The van der Waals surface area contributed by atoms with Crippen LogP contribution in [0.2, 0.25) is 0 Å². The molecule has 2 fully saturated rings. The minimum Gasteiger partial charge on any atom is -0.396 e. The van der Waals surface area contributed by atoms with Crippen LogP contribution < -0.4 is 0 Å². The smallest absolute Gasteiger partial charge is 0.0462 e. The van der Waals surface area contributed by atoms with Crippen molar-refractivity contribution in [3.8, 4) is 0 Å². The van der Waals surface area contributed by atoms with Crippen LogP contribution in [0.25, 0.3) is 0 Å². The number of rotatable bonds is 1. The summed E-state index contributed by atoms with van der Waals surface area (Å²) in [6.45, 7) is 0.446. The molecule has 1 heteroatoms. The summed E-state index contributed by atoms with van der Waals surface area (Å²) in [6.07, 6.45) is 6.93. The Morgan fingerprint density at radius 3 is 2.80 bits per heavy atom. The third-order valence-electron chi connectivity index (χ3n) is 3.22. The summed E-state index contributed by atoms with van der Waals surface area (Å²) in [7, 11) is 0.